The molecule has 18 heavy (non-hydrogen) atoms. The molecule has 3 rings (SSSR count). The average molecular weight is 264 g/mol. The van der Waals surface area contributed by atoms with Gasteiger partial charge in [-0.3, -0.25) is 0 Å². The van der Waals surface area contributed by atoms with E-state index in [2.05, 4.69) is 12.3 Å². The molecule has 0 aromatic carbocycles. The van der Waals surface area contributed by atoms with Crippen molar-refractivity contribution in [2.24, 2.45) is 11.7 Å². The molecule has 2 aliphatic rings. The zero-order chi connectivity index (χ0) is 12.6. The standard InChI is InChI=1S/C15H24N2S/c1-11-6-8-15(16,9-7-11)14-17-13(10-18-14)12-4-2-3-5-12/h10-12H,2-9,16H2,1H3. The van der Waals surface area contributed by atoms with Crippen LogP contribution >= 0.6 is 11.3 Å². The van der Waals surface area contributed by atoms with Crippen LogP contribution in [0.25, 0.3) is 0 Å². The lowest BCUT2D eigenvalue weighted by Gasteiger charge is -2.34. The molecule has 1 heterocycles. The Balaban J connectivity index is 1.75. The van der Waals surface area contributed by atoms with Gasteiger partial charge in [0.2, 0.25) is 0 Å². The van der Waals surface area contributed by atoms with Crippen molar-refractivity contribution in [2.75, 3.05) is 0 Å². The van der Waals surface area contributed by atoms with Gasteiger partial charge in [0.15, 0.2) is 0 Å². The van der Waals surface area contributed by atoms with Gasteiger partial charge in [0.25, 0.3) is 0 Å². The Morgan fingerprint density at radius 3 is 2.56 bits per heavy atom. The van der Waals surface area contributed by atoms with Crippen LogP contribution in [0.15, 0.2) is 5.38 Å². The van der Waals surface area contributed by atoms with Crippen LogP contribution in [0.1, 0.15) is 74.9 Å². The highest BCUT2D eigenvalue weighted by Crippen LogP contribution is 2.41. The van der Waals surface area contributed by atoms with E-state index < -0.39 is 0 Å². The summed E-state index contributed by atoms with van der Waals surface area (Å²) in [7, 11) is 0. The van der Waals surface area contributed by atoms with Crippen LogP contribution in [0.4, 0.5) is 0 Å². The minimum Gasteiger partial charge on any atom is -0.319 e. The first kappa shape index (κ1) is 12.6. The Morgan fingerprint density at radius 1 is 1.22 bits per heavy atom. The van der Waals surface area contributed by atoms with E-state index in [0.29, 0.717) is 0 Å². The first-order chi connectivity index (χ1) is 8.67. The van der Waals surface area contributed by atoms with Gasteiger partial charge in [-0.1, -0.05) is 19.8 Å². The van der Waals surface area contributed by atoms with Crippen molar-refractivity contribution >= 4 is 11.3 Å². The fourth-order valence-electron chi connectivity index (χ4n) is 3.42. The molecule has 2 nitrogen and oxygen atoms in total. The summed E-state index contributed by atoms with van der Waals surface area (Å²) in [6, 6.07) is 0. The van der Waals surface area contributed by atoms with Gasteiger partial charge < -0.3 is 5.73 Å². The number of thiazole rings is 1. The summed E-state index contributed by atoms with van der Waals surface area (Å²) in [5.74, 6) is 1.57. The number of nitrogens with two attached hydrogens (primary N) is 1. The third-order valence-corrected chi connectivity index (χ3v) is 5.97. The SMILES string of the molecule is CC1CCC(N)(c2nc(C3CCCC3)cs2)CC1. The van der Waals surface area contributed by atoms with Crippen LogP contribution in [0.5, 0.6) is 0 Å². The molecule has 2 saturated carbocycles. The van der Waals surface area contributed by atoms with E-state index in [1.165, 1.54) is 49.2 Å². The molecule has 0 amide bonds. The molecule has 2 aliphatic carbocycles. The van der Waals surface area contributed by atoms with E-state index in [0.717, 1.165) is 24.7 Å². The van der Waals surface area contributed by atoms with Crippen molar-refractivity contribution in [2.45, 2.75) is 69.7 Å². The average Bonchev–Trinajstić information content (AvgIpc) is 3.01. The van der Waals surface area contributed by atoms with E-state index in [9.17, 15) is 0 Å². The van der Waals surface area contributed by atoms with Crippen LogP contribution in [0.2, 0.25) is 0 Å². The lowest BCUT2D eigenvalue weighted by Crippen LogP contribution is -2.40. The lowest BCUT2D eigenvalue weighted by molar-refractivity contribution is 0.247. The highest BCUT2D eigenvalue weighted by molar-refractivity contribution is 7.09. The lowest BCUT2D eigenvalue weighted by atomic mass is 9.78. The van der Waals surface area contributed by atoms with Crippen LogP contribution in [-0.2, 0) is 5.54 Å². The minimum absolute atomic E-state index is 0.117. The van der Waals surface area contributed by atoms with Gasteiger partial charge in [0, 0.05) is 11.3 Å². The molecular formula is C15H24N2S. The number of hydrogen-bond donors (Lipinski definition) is 1. The highest BCUT2D eigenvalue weighted by Gasteiger charge is 2.35. The third-order valence-electron chi connectivity index (χ3n) is 4.89. The van der Waals surface area contributed by atoms with Gasteiger partial charge in [-0.15, -0.1) is 11.3 Å². The maximum atomic E-state index is 6.60. The normalized spacial score (nSPS) is 34.0. The van der Waals surface area contributed by atoms with Crippen LogP contribution in [-0.4, -0.2) is 4.98 Å². The number of aromatic nitrogens is 1. The fraction of sp³-hybridized carbons (Fsp3) is 0.800. The third kappa shape index (κ3) is 2.35. The van der Waals surface area contributed by atoms with Crippen LogP contribution in [0, 0.1) is 5.92 Å². The molecule has 0 spiro atoms. The number of hydrogen-bond acceptors (Lipinski definition) is 3. The maximum Gasteiger partial charge on any atom is 0.113 e. The molecule has 3 heteroatoms. The smallest absolute Gasteiger partial charge is 0.113 e. The molecule has 2 fully saturated rings. The Labute approximate surface area is 114 Å². The van der Waals surface area contributed by atoms with Crippen LogP contribution in [0.3, 0.4) is 0 Å². The van der Waals surface area contributed by atoms with Gasteiger partial charge in [0.1, 0.15) is 5.01 Å². The molecule has 0 radical (unpaired) electrons. The van der Waals surface area contributed by atoms with Gasteiger partial charge in [-0.2, -0.15) is 0 Å². The van der Waals surface area contributed by atoms with Crippen LogP contribution < -0.4 is 5.73 Å². The second-order valence-electron chi connectivity index (χ2n) is 6.40. The van der Waals surface area contributed by atoms with Crippen molar-refractivity contribution in [3.05, 3.63) is 16.1 Å². The summed E-state index contributed by atoms with van der Waals surface area (Å²) in [5.41, 5.74) is 7.82. The first-order valence-corrected chi connectivity index (χ1v) is 8.30. The molecule has 2 N–H and O–H groups in total. The largest absolute Gasteiger partial charge is 0.319 e. The molecular weight excluding hydrogens is 240 g/mol. The van der Waals surface area contributed by atoms with E-state index in [4.69, 9.17) is 10.7 Å². The Hall–Kier alpha value is -0.410. The van der Waals surface area contributed by atoms with E-state index >= 15 is 0 Å². The maximum absolute atomic E-state index is 6.60. The van der Waals surface area contributed by atoms with Gasteiger partial charge in [-0.25, -0.2) is 4.98 Å². The van der Waals surface area contributed by atoms with E-state index in [1.54, 1.807) is 11.3 Å². The van der Waals surface area contributed by atoms with Crippen molar-refractivity contribution < 1.29 is 0 Å². The summed E-state index contributed by atoms with van der Waals surface area (Å²) >= 11 is 1.81. The summed E-state index contributed by atoms with van der Waals surface area (Å²) < 4.78 is 0. The molecule has 0 atom stereocenters. The zero-order valence-electron chi connectivity index (χ0n) is 11.3. The van der Waals surface area contributed by atoms with Gasteiger partial charge >= 0.3 is 0 Å². The predicted molar refractivity (Wildman–Crippen MR) is 76.8 cm³/mol. The second-order valence-corrected chi connectivity index (χ2v) is 7.26. The molecule has 0 bridgehead atoms. The van der Waals surface area contributed by atoms with Gasteiger partial charge in [0.05, 0.1) is 11.2 Å². The Bertz CT molecular complexity index is 398. The number of rotatable bonds is 2. The molecule has 0 aliphatic heterocycles. The first-order valence-electron chi connectivity index (χ1n) is 7.42. The second kappa shape index (κ2) is 4.93. The number of nitrogens with zero attached hydrogens (tertiary/aromatic N) is 1. The van der Waals surface area contributed by atoms with Crippen molar-refractivity contribution in [3.8, 4) is 0 Å². The Kier molecular flexibility index (Phi) is 3.46. The van der Waals surface area contributed by atoms with Crippen molar-refractivity contribution in [1.29, 1.82) is 0 Å². The van der Waals surface area contributed by atoms with E-state index in [1.807, 2.05) is 0 Å². The Morgan fingerprint density at radius 2 is 1.89 bits per heavy atom. The molecule has 0 unspecified atom stereocenters. The summed E-state index contributed by atoms with van der Waals surface area (Å²) in [6.07, 6.45) is 10.2. The molecule has 1 aromatic rings. The topological polar surface area (TPSA) is 38.9 Å². The minimum atomic E-state index is -0.117. The molecule has 100 valence electrons. The summed E-state index contributed by atoms with van der Waals surface area (Å²) in [4.78, 5) is 4.91. The van der Waals surface area contributed by atoms with Crippen molar-refractivity contribution in [1.82, 2.24) is 4.98 Å². The zero-order valence-corrected chi connectivity index (χ0v) is 12.1. The quantitative estimate of drug-likeness (QED) is 0.871. The van der Waals surface area contributed by atoms with Crippen molar-refractivity contribution in [3.63, 3.8) is 0 Å². The summed E-state index contributed by atoms with van der Waals surface area (Å²) in [5, 5.41) is 3.48. The van der Waals surface area contributed by atoms with E-state index in [-0.39, 0.29) is 5.54 Å². The monoisotopic (exact) mass is 264 g/mol. The predicted octanol–water partition coefficient (Wildman–Crippen LogP) is 4.16. The molecule has 0 saturated heterocycles. The van der Waals surface area contributed by atoms with Gasteiger partial charge in [-0.05, 0) is 44.4 Å². The summed E-state index contributed by atoms with van der Waals surface area (Å²) in [6.45, 7) is 2.34. The fourth-order valence-corrected chi connectivity index (χ4v) is 4.49. The highest BCUT2D eigenvalue weighted by atomic mass is 32.1. The molecule has 1 aromatic heterocycles.